The molecule has 3 aliphatic rings. The minimum atomic E-state index is -2.43. The average Bonchev–Trinajstić information content (AvgIpc) is 3.70. The second kappa shape index (κ2) is 12.4. The number of non-ortho nitro benzene ring substituents is 1. The molecule has 3 aliphatic heterocycles. The standard InChI is InChI=1S/C41H39N3O7Si/c1-25-38(52(3,4)31-17-15-30(50-2)16-18-31)36(20-21-45)51-41(25)33-23-29(44(48)49)14-19-34(33)42(40(41)47)24-26-8-5-11-28(22-26)43-35-13-7-10-27-9-6-12-32(37(27)35)39(43)46/h5-19,22-23,25,36,38,45H,20-21,24H2,1-4H3/t25-,36+,38-,41+/m1/s1. The van der Waals surface area contributed by atoms with Crippen molar-refractivity contribution in [2.75, 3.05) is 23.5 Å². The maximum Gasteiger partial charge on any atom is 0.269 e. The van der Waals surface area contributed by atoms with Crippen molar-refractivity contribution < 1.29 is 29.1 Å². The lowest BCUT2D eigenvalue weighted by Crippen LogP contribution is -2.51. The van der Waals surface area contributed by atoms with E-state index < -0.39 is 24.7 Å². The summed E-state index contributed by atoms with van der Waals surface area (Å²) in [5.74, 6) is -0.0373. The lowest BCUT2D eigenvalue weighted by molar-refractivity contribution is -0.385. The molecular weight excluding hydrogens is 675 g/mol. The Hall–Kier alpha value is -5.36. The molecule has 1 N–H and O–H groups in total. The number of methoxy groups -OCH3 is 1. The van der Waals surface area contributed by atoms with E-state index in [0.717, 1.165) is 33.0 Å². The Labute approximate surface area is 302 Å². The van der Waals surface area contributed by atoms with Crippen molar-refractivity contribution in [3.8, 4) is 5.75 Å². The molecule has 0 aliphatic carbocycles. The molecule has 1 saturated heterocycles. The van der Waals surface area contributed by atoms with Crippen LogP contribution in [0, 0.1) is 16.0 Å². The Morgan fingerprint density at radius 1 is 0.942 bits per heavy atom. The molecule has 10 nitrogen and oxygen atoms in total. The first kappa shape index (κ1) is 33.8. The highest BCUT2D eigenvalue weighted by molar-refractivity contribution is 6.91. The van der Waals surface area contributed by atoms with Gasteiger partial charge in [-0.25, -0.2) is 0 Å². The van der Waals surface area contributed by atoms with Crippen molar-refractivity contribution in [3.63, 3.8) is 0 Å². The van der Waals surface area contributed by atoms with Gasteiger partial charge in [0.05, 0.1) is 49.7 Å². The summed E-state index contributed by atoms with van der Waals surface area (Å²) in [5.41, 5.74) is 2.20. The largest absolute Gasteiger partial charge is 0.497 e. The number of carbonyl (C=O) groups is 2. The molecule has 0 saturated carbocycles. The van der Waals surface area contributed by atoms with Crippen LogP contribution < -0.4 is 19.7 Å². The molecule has 5 aromatic rings. The SMILES string of the molecule is COc1ccc([Si](C)(C)[C@H]2[C@H](CCO)O[C@@]3(C(=O)N(Cc4cccc(N5C(=O)c6cccc7cccc5c67)c4)c4ccc([N+](=O)[O-])cc43)[C@@H]2C)cc1. The number of rotatable bonds is 9. The zero-order valence-electron chi connectivity index (χ0n) is 29.4. The number of ether oxygens (including phenoxy) is 2. The average molecular weight is 714 g/mol. The van der Waals surface area contributed by atoms with Crippen LogP contribution in [0.3, 0.4) is 0 Å². The lowest BCUT2D eigenvalue weighted by Gasteiger charge is -2.37. The van der Waals surface area contributed by atoms with Gasteiger partial charge in [0.25, 0.3) is 17.5 Å². The maximum atomic E-state index is 15.1. The first-order chi connectivity index (χ1) is 25.0. The first-order valence-corrected chi connectivity index (χ1v) is 20.6. The van der Waals surface area contributed by atoms with Crippen LogP contribution in [0.1, 0.15) is 34.8 Å². The predicted octanol–water partition coefficient (Wildman–Crippen LogP) is 7.19. The fourth-order valence-corrected chi connectivity index (χ4v) is 13.2. The number of hydrogen-bond acceptors (Lipinski definition) is 7. The number of fused-ring (bicyclic) bond motifs is 2. The van der Waals surface area contributed by atoms with Gasteiger partial charge >= 0.3 is 0 Å². The molecular formula is C41H39N3O7Si. The second-order valence-electron chi connectivity index (χ2n) is 14.5. The van der Waals surface area contributed by atoms with Crippen LogP contribution in [0.15, 0.2) is 103 Å². The summed E-state index contributed by atoms with van der Waals surface area (Å²) in [6.45, 7) is 6.54. The summed E-state index contributed by atoms with van der Waals surface area (Å²) in [7, 11) is -0.805. The van der Waals surface area contributed by atoms with E-state index in [1.165, 1.54) is 12.1 Å². The number of carbonyl (C=O) groups excluding carboxylic acids is 2. The van der Waals surface area contributed by atoms with Gasteiger partial charge in [0.1, 0.15) is 5.75 Å². The Balaban J connectivity index is 1.19. The van der Waals surface area contributed by atoms with Crippen molar-refractivity contribution in [3.05, 3.63) is 130 Å². The van der Waals surface area contributed by atoms with Crippen LogP contribution in [-0.4, -0.2) is 49.7 Å². The quantitative estimate of drug-likeness (QED) is 0.0975. The molecule has 3 heterocycles. The minimum absolute atomic E-state index is 0.113. The van der Waals surface area contributed by atoms with E-state index in [4.69, 9.17) is 9.47 Å². The van der Waals surface area contributed by atoms with E-state index in [-0.39, 0.29) is 42.1 Å². The van der Waals surface area contributed by atoms with Crippen molar-refractivity contribution in [1.29, 1.82) is 0 Å². The van der Waals surface area contributed by atoms with Gasteiger partial charge in [0.15, 0.2) is 5.60 Å². The van der Waals surface area contributed by atoms with Crippen LogP contribution in [0.4, 0.5) is 22.7 Å². The zero-order valence-corrected chi connectivity index (χ0v) is 30.4. The molecule has 11 heteroatoms. The summed E-state index contributed by atoms with van der Waals surface area (Å²) in [4.78, 5) is 43.9. The van der Waals surface area contributed by atoms with Crippen LogP contribution in [-0.2, 0) is 21.7 Å². The van der Waals surface area contributed by atoms with Gasteiger partial charge in [0, 0.05) is 41.3 Å². The highest BCUT2D eigenvalue weighted by Gasteiger charge is 2.66. The van der Waals surface area contributed by atoms with Gasteiger partial charge in [-0.1, -0.05) is 73.7 Å². The van der Waals surface area contributed by atoms with E-state index >= 15 is 4.79 Å². The number of anilines is 3. The molecule has 1 fully saturated rings. The third kappa shape index (κ3) is 4.91. The number of nitro benzene ring substituents is 1. The van der Waals surface area contributed by atoms with Crippen LogP contribution >= 0.6 is 0 Å². The summed E-state index contributed by atoms with van der Waals surface area (Å²) in [6.07, 6.45) is -0.143. The van der Waals surface area contributed by atoms with Gasteiger partial charge < -0.3 is 19.5 Å². The number of benzene rings is 5. The molecule has 2 amide bonds. The molecule has 8 rings (SSSR count). The van der Waals surface area contributed by atoms with E-state index in [1.54, 1.807) is 23.0 Å². The second-order valence-corrected chi connectivity index (χ2v) is 19.2. The van der Waals surface area contributed by atoms with Crippen molar-refractivity contribution in [2.45, 2.75) is 50.2 Å². The molecule has 4 atom stereocenters. The summed E-state index contributed by atoms with van der Waals surface area (Å²) in [5, 5.41) is 25.4. The number of nitro groups is 1. The van der Waals surface area contributed by atoms with Crippen LogP contribution in [0.25, 0.3) is 10.8 Å². The highest BCUT2D eigenvalue weighted by atomic mass is 28.3. The molecule has 52 heavy (non-hydrogen) atoms. The Morgan fingerprint density at radius 3 is 2.38 bits per heavy atom. The summed E-state index contributed by atoms with van der Waals surface area (Å²) < 4.78 is 12.4. The number of aliphatic hydroxyl groups is 1. The molecule has 1 spiro atoms. The van der Waals surface area contributed by atoms with Crippen LogP contribution in [0.5, 0.6) is 5.75 Å². The predicted molar refractivity (Wildman–Crippen MR) is 202 cm³/mol. The molecule has 5 aromatic carbocycles. The van der Waals surface area contributed by atoms with Gasteiger partial charge in [-0.05, 0) is 65.4 Å². The van der Waals surface area contributed by atoms with Crippen LogP contribution in [0.2, 0.25) is 18.6 Å². The van der Waals surface area contributed by atoms with Crippen molar-refractivity contribution >= 4 is 58.6 Å². The van der Waals surface area contributed by atoms with Crippen molar-refractivity contribution in [2.24, 2.45) is 5.92 Å². The molecule has 0 unspecified atom stereocenters. The molecule has 0 aromatic heterocycles. The topological polar surface area (TPSA) is 122 Å². The van der Waals surface area contributed by atoms with E-state index in [0.29, 0.717) is 28.9 Å². The van der Waals surface area contributed by atoms with Gasteiger partial charge in [-0.15, -0.1) is 0 Å². The monoisotopic (exact) mass is 713 g/mol. The molecule has 0 radical (unpaired) electrons. The highest BCUT2D eigenvalue weighted by Crippen LogP contribution is 2.60. The summed E-state index contributed by atoms with van der Waals surface area (Å²) >= 11 is 0. The minimum Gasteiger partial charge on any atom is -0.497 e. The fraction of sp³-hybridized carbons (Fsp3) is 0.268. The van der Waals surface area contributed by atoms with E-state index in [2.05, 4.69) is 25.2 Å². The number of aliphatic hydroxyl groups excluding tert-OH is 1. The third-order valence-corrected chi connectivity index (χ3v) is 15.9. The number of hydrogen-bond donors (Lipinski definition) is 1. The van der Waals surface area contributed by atoms with Gasteiger partial charge in [-0.3, -0.25) is 24.6 Å². The Kier molecular flexibility index (Phi) is 8.05. The Morgan fingerprint density at radius 2 is 1.67 bits per heavy atom. The normalized spacial score (nSPS) is 22.1. The third-order valence-electron chi connectivity index (χ3n) is 11.5. The van der Waals surface area contributed by atoms with E-state index in [9.17, 15) is 20.0 Å². The van der Waals surface area contributed by atoms with E-state index in [1.807, 2.05) is 79.7 Å². The fourth-order valence-electron chi connectivity index (χ4n) is 9.12. The molecule has 264 valence electrons. The van der Waals surface area contributed by atoms with Crippen molar-refractivity contribution in [1.82, 2.24) is 0 Å². The first-order valence-electron chi connectivity index (χ1n) is 17.5. The maximum absolute atomic E-state index is 15.1. The Bertz CT molecular complexity index is 2270. The van der Waals surface area contributed by atoms with Gasteiger partial charge in [-0.2, -0.15) is 0 Å². The number of amides is 2. The smallest absolute Gasteiger partial charge is 0.269 e. The zero-order chi connectivity index (χ0) is 36.5. The van der Waals surface area contributed by atoms with Gasteiger partial charge in [0.2, 0.25) is 0 Å². The lowest BCUT2D eigenvalue weighted by atomic mass is 9.82. The summed E-state index contributed by atoms with van der Waals surface area (Å²) in [6, 6.07) is 31.7. The molecule has 0 bridgehead atoms. The number of nitrogens with zero attached hydrogens (tertiary/aromatic N) is 3.